The molecule has 0 rings (SSSR count). The Hall–Kier alpha value is -1.94. The predicted octanol–water partition coefficient (Wildman–Crippen LogP) is 21.9. The van der Waals surface area contributed by atoms with Crippen molar-refractivity contribution in [1.29, 1.82) is 0 Å². The van der Waals surface area contributed by atoms with E-state index >= 15 is 0 Å². The summed E-state index contributed by atoms with van der Waals surface area (Å²) in [5, 5.41) is 10.6. The maximum absolute atomic E-state index is 13.1. The molecular formula is C75H146O17P2. The van der Waals surface area contributed by atoms with Crippen LogP contribution in [0.15, 0.2) is 0 Å². The smallest absolute Gasteiger partial charge is 0.462 e. The number of phosphoric acid groups is 2. The highest BCUT2D eigenvalue weighted by Crippen LogP contribution is 2.45. The number of esters is 4. The second kappa shape index (κ2) is 66.9. The Labute approximate surface area is 575 Å². The quantitative estimate of drug-likeness (QED) is 0.0222. The summed E-state index contributed by atoms with van der Waals surface area (Å²) in [7, 11) is -9.90. The van der Waals surface area contributed by atoms with Crippen LogP contribution >= 0.6 is 15.6 Å². The molecule has 0 aliphatic rings. The lowest BCUT2D eigenvalue weighted by Gasteiger charge is -2.21. The summed E-state index contributed by atoms with van der Waals surface area (Å²) < 4.78 is 68.3. The van der Waals surface area contributed by atoms with E-state index in [4.69, 9.17) is 37.0 Å². The molecule has 0 aliphatic heterocycles. The lowest BCUT2D eigenvalue weighted by molar-refractivity contribution is -0.161. The van der Waals surface area contributed by atoms with Crippen LogP contribution < -0.4 is 0 Å². The number of aliphatic hydroxyl groups is 1. The number of unbranched alkanes of at least 4 members (excludes halogenated alkanes) is 43. The lowest BCUT2D eigenvalue weighted by atomic mass is 9.99. The molecule has 0 aliphatic carbocycles. The van der Waals surface area contributed by atoms with Crippen molar-refractivity contribution in [2.24, 2.45) is 11.8 Å². The summed E-state index contributed by atoms with van der Waals surface area (Å²) >= 11 is 0. The van der Waals surface area contributed by atoms with Gasteiger partial charge in [-0.15, -0.1) is 0 Å². The third-order valence-electron chi connectivity index (χ3n) is 17.8. The monoisotopic (exact) mass is 1380 g/mol. The first-order valence-corrected chi connectivity index (χ1v) is 42.0. The molecule has 17 nitrogen and oxygen atoms in total. The second-order valence-corrected chi connectivity index (χ2v) is 30.7. The third kappa shape index (κ3) is 67.3. The largest absolute Gasteiger partial charge is 0.472 e. The van der Waals surface area contributed by atoms with Crippen LogP contribution in [0, 0.1) is 11.8 Å². The number of phosphoric ester groups is 2. The van der Waals surface area contributed by atoms with Gasteiger partial charge in [0.1, 0.15) is 19.3 Å². The van der Waals surface area contributed by atoms with E-state index in [9.17, 15) is 43.2 Å². The highest BCUT2D eigenvalue weighted by atomic mass is 31.2. The number of hydrogen-bond acceptors (Lipinski definition) is 15. The van der Waals surface area contributed by atoms with Crippen LogP contribution in [0.2, 0.25) is 0 Å². The van der Waals surface area contributed by atoms with Crippen molar-refractivity contribution < 1.29 is 80.2 Å². The average molecular weight is 1380 g/mol. The van der Waals surface area contributed by atoms with Gasteiger partial charge in [-0.25, -0.2) is 9.13 Å². The van der Waals surface area contributed by atoms with Crippen molar-refractivity contribution in [3.05, 3.63) is 0 Å². The van der Waals surface area contributed by atoms with Gasteiger partial charge >= 0.3 is 39.5 Å². The van der Waals surface area contributed by atoms with E-state index < -0.39 is 97.5 Å². The highest BCUT2D eigenvalue weighted by Gasteiger charge is 2.30. The zero-order valence-corrected chi connectivity index (χ0v) is 63.1. The van der Waals surface area contributed by atoms with E-state index in [2.05, 4.69) is 41.5 Å². The first-order chi connectivity index (χ1) is 45.4. The molecule has 94 heavy (non-hydrogen) atoms. The molecule has 0 aromatic heterocycles. The zero-order chi connectivity index (χ0) is 69.3. The molecule has 6 atom stereocenters. The number of ether oxygens (including phenoxy) is 4. The molecule has 0 spiro atoms. The van der Waals surface area contributed by atoms with Crippen molar-refractivity contribution in [2.75, 3.05) is 39.6 Å². The van der Waals surface area contributed by atoms with E-state index in [1.54, 1.807) is 0 Å². The summed E-state index contributed by atoms with van der Waals surface area (Å²) in [5.41, 5.74) is 0. The molecule has 19 heteroatoms. The van der Waals surface area contributed by atoms with E-state index in [1.165, 1.54) is 199 Å². The van der Waals surface area contributed by atoms with Gasteiger partial charge in [0.05, 0.1) is 26.4 Å². The van der Waals surface area contributed by atoms with Crippen molar-refractivity contribution in [3.8, 4) is 0 Å². The van der Waals surface area contributed by atoms with Crippen molar-refractivity contribution in [3.63, 3.8) is 0 Å². The molecule has 0 saturated heterocycles. The Morgan fingerprint density at radius 1 is 0.309 bits per heavy atom. The van der Waals surface area contributed by atoms with Gasteiger partial charge in [0.15, 0.2) is 12.2 Å². The van der Waals surface area contributed by atoms with Gasteiger partial charge in [0.25, 0.3) is 0 Å². The SMILES string of the molecule is CCCCCCCCCCCCCCCCCCCCCCC(=O)O[C@H](COC(=O)CCCCCCCCCCCCCCC(C)C)COP(=O)(O)OC[C@@H](O)COP(=O)(O)OC[C@@H](COC(=O)CCCCCCC)OC(=O)CCCCCCCCCCCCC(C)CC. The normalized spacial score (nSPS) is 14.3. The third-order valence-corrected chi connectivity index (χ3v) is 19.7. The van der Waals surface area contributed by atoms with Gasteiger partial charge in [-0.2, -0.15) is 0 Å². The van der Waals surface area contributed by atoms with Gasteiger partial charge < -0.3 is 33.8 Å². The molecule has 0 saturated carbocycles. The molecule has 0 aromatic rings. The number of hydrogen-bond donors (Lipinski definition) is 3. The number of rotatable bonds is 74. The Bertz CT molecular complexity index is 1820. The standard InChI is InChI=1S/C75H146O17P2/c1-7-10-12-14-15-16-17-18-19-20-21-22-23-24-25-30-36-41-47-53-59-75(80)92-71(64-86-73(78)58-52-46-40-35-29-27-26-28-33-38-44-49-55-67(4)5)66-90-94(83,84)88-62-69(76)61-87-93(81,82)89-65-70(63-85-72(77)57-51-43-13-11-8-2)91-74(79)60-54-48-42-37-32-31-34-39-45-50-56-68(6)9-3/h67-71,76H,7-66H2,1-6H3,(H,81,82)(H,83,84)/t68?,69-,70+,71+/m0/s1. The molecule has 0 aromatic carbocycles. The summed E-state index contributed by atoms with van der Waals surface area (Å²) in [4.78, 5) is 72.5. The first kappa shape index (κ1) is 92.1. The maximum atomic E-state index is 13.1. The van der Waals surface area contributed by atoms with Crippen LogP contribution in [0.5, 0.6) is 0 Å². The summed E-state index contributed by atoms with van der Waals surface area (Å²) in [5.74, 6) is -0.543. The van der Waals surface area contributed by atoms with Crippen LogP contribution in [0.4, 0.5) is 0 Å². The highest BCUT2D eigenvalue weighted by molar-refractivity contribution is 7.47. The summed E-state index contributed by atoms with van der Waals surface area (Å²) in [6.07, 6.45) is 54.5. The number of carbonyl (C=O) groups is 4. The molecule has 3 unspecified atom stereocenters. The van der Waals surface area contributed by atoms with Gasteiger partial charge in [-0.3, -0.25) is 37.3 Å². The Morgan fingerprint density at radius 2 is 0.543 bits per heavy atom. The van der Waals surface area contributed by atoms with Crippen LogP contribution in [0.25, 0.3) is 0 Å². The molecule has 3 N–H and O–H groups in total. The molecule has 0 radical (unpaired) electrons. The van der Waals surface area contributed by atoms with Crippen molar-refractivity contribution >= 4 is 39.5 Å². The summed E-state index contributed by atoms with van der Waals surface area (Å²) in [6.45, 7) is 9.53. The fourth-order valence-electron chi connectivity index (χ4n) is 11.4. The molecule has 0 fully saturated rings. The fourth-order valence-corrected chi connectivity index (χ4v) is 13.0. The Morgan fingerprint density at radius 3 is 0.809 bits per heavy atom. The Kier molecular flexibility index (Phi) is 65.5. The van der Waals surface area contributed by atoms with Crippen LogP contribution in [0.3, 0.4) is 0 Å². The molecule has 558 valence electrons. The minimum atomic E-state index is -4.95. The van der Waals surface area contributed by atoms with Crippen molar-refractivity contribution in [1.82, 2.24) is 0 Å². The topological polar surface area (TPSA) is 237 Å². The summed E-state index contributed by atoms with van der Waals surface area (Å²) in [6, 6.07) is 0. The van der Waals surface area contributed by atoms with Gasteiger partial charge in [0.2, 0.25) is 0 Å². The van der Waals surface area contributed by atoms with E-state index in [-0.39, 0.29) is 25.7 Å². The molecule has 0 bridgehead atoms. The van der Waals surface area contributed by atoms with Crippen molar-refractivity contribution in [2.45, 2.75) is 407 Å². The van der Waals surface area contributed by atoms with E-state index in [0.29, 0.717) is 25.7 Å². The molecular weight excluding hydrogens is 1230 g/mol. The Balaban J connectivity index is 5.14. The van der Waals surface area contributed by atoms with Crippen LogP contribution in [-0.4, -0.2) is 96.7 Å². The second-order valence-electron chi connectivity index (χ2n) is 27.8. The first-order valence-electron chi connectivity index (χ1n) is 39.0. The minimum absolute atomic E-state index is 0.105. The predicted molar refractivity (Wildman–Crippen MR) is 381 cm³/mol. The molecule has 0 heterocycles. The maximum Gasteiger partial charge on any atom is 0.472 e. The van der Waals surface area contributed by atoms with Crippen LogP contribution in [-0.2, 0) is 65.4 Å². The number of aliphatic hydroxyl groups excluding tert-OH is 1. The molecule has 0 amide bonds. The van der Waals surface area contributed by atoms with Gasteiger partial charge in [-0.05, 0) is 37.5 Å². The van der Waals surface area contributed by atoms with Crippen LogP contribution in [0.1, 0.15) is 388 Å². The minimum Gasteiger partial charge on any atom is -0.462 e. The fraction of sp³-hybridized carbons (Fsp3) is 0.947. The average Bonchev–Trinajstić information content (AvgIpc) is 1.28. The van der Waals surface area contributed by atoms with E-state index in [0.717, 1.165) is 108 Å². The van der Waals surface area contributed by atoms with E-state index in [1.807, 2.05) is 0 Å². The lowest BCUT2D eigenvalue weighted by Crippen LogP contribution is -2.30. The van der Waals surface area contributed by atoms with Gasteiger partial charge in [0, 0.05) is 25.7 Å². The number of carbonyl (C=O) groups excluding carboxylic acids is 4. The van der Waals surface area contributed by atoms with Gasteiger partial charge in [-0.1, -0.05) is 337 Å². The zero-order valence-electron chi connectivity index (χ0n) is 61.3.